The number of rotatable bonds is 8. The zero-order valence-corrected chi connectivity index (χ0v) is 38.6. The summed E-state index contributed by atoms with van der Waals surface area (Å²) in [7, 11) is 0. The first-order valence-electron chi connectivity index (χ1n) is 23.7. The average molecular weight is 872 g/mol. The monoisotopic (exact) mass is 871 g/mol. The number of hydrogen-bond donors (Lipinski definition) is 0. The van der Waals surface area contributed by atoms with Gasteiger partial charge in [-0.3, -0.25) is 0 Å². The zero-order chi connectivity index (χ0) is 45.8. The van der Waals surface area contributed by atoms with E-state index < -0.39 is 0 Å². The zero-order valence-electron chi connectivity index (χ0n) is 38.6. The Morgan fingerprint density at radius 1 is 0.324 bits per heavy atom. The lowest BCUT2D eigenvalue weighted by atomic mass is 9.33. The van der Waals surface area contributed by atoms with Gasteiger partial charge in [0.2, 0.25) is 0 Å². The Kier molecular flexibility index (Phi) is 10.2. The van der Waals surface area contributed by atoms with Gasteiger partial charge in [0.1, 0.15) is 0 Å². The summed E-state index contributed by atoms with van der Waals surface area (Å²) in [4.78, 5) is 7.49. The van der Waals surface area contributed by atoms with Gasteiger partial charge in [-0.15, -0.1) is 0 Å². The summed E-state index contributed by atoms with van der Waals surface area (Å²) in [6, 6.07) is 91.4. The second kappa shape index (κ2) is 16.8. The van der Waals surface area contributed by atoms with Crippen molar-refractivity contribution in [2.24, 2.45) is 0 Å². The van der Waals surface area contributed by atoms with Gasteiger partial charge in [-0.25, -0.2) is 0 Å². The Labute approximate surface area is 400 Å². The lowest BCUT2D eigenvalue weighted by Crippen LogP contribution is -2.61. The number of hydrogen-bond acceptors (Lipinski definition) is 3. The Morgan fingerprint density at radius 2 is 0.735 bits per heavy atom. The summed E-state index contributed by atoms with van der Waals surface area (Å²) >= 11 is 0. The van der Waals surface area contributed by atoms with Gasteiger partial charge in [0, 0.05) is 45.5 Å². The van der Waals surface area contributed by atoms with Crippen molar-refractivity contribution in [1.82, 2.24) is 0 Å². The standard InChI is InChI=1S/C64H50BN3/c1-64(2,3)51-34-39-57-60(42-51)68(55-37-31-49(32-38-55)46-21-11-5-12-22-46)62-44-56(66(52-25-15-7-16-26-52)53-27-17-8-18-28-53)43-61-63(62)65(57)58-41-50(47-23-13-6-14-24-47)33-40-59(58)67(61)54-35-29-48(30-36-54)45-19-9-4-10-20-45/h4-44H,1-3H3. The fourth-order valence-corrected chi connectivity index (χ4v) is 10.4. The van der Waals surface area contributed by atoms with Crippen LogP contribution in [0.25, 0.3) is 33.4 Å². The van der Waals surface area contributed by atoms with Gasteiger partial charge in [0.15, 0.2) is 0 Å². The van der Waals surface area contributed by atoms with Crippen molar-refractivity contribution in [3.8, 4) is 33.4 Å². The number of anilines is 9. The molecule has 0 spiro atoms. The molecule has 0 bridgehead atoms. The molecule has 0 saturated carbocycles. The number of para-hydroxylation sites is 2. The highest BCUT2D eigenvalue weighted by atomic mass is 15.2. The van der Waals surface area contributed by atoms with E-state index in [0.717, 1.165) is 39.8 Å². The van der Waals surface area contributed by atoms with E-state index in [4.69, 9.17) is 0 Å². The van der Waals surface area contributed by atoms with Crippen molar-refractivity contribution in [2.45, 2.75) is 26.2 Å². The maximum Gasteiger partial charge on any atom is 0.252 e. The van der Waals surface area contributed by atoms with Gasteiger partial charge < -0.3 is 14.7 Å². The quantitative estimate of drug-likeness (QED) is 0.141. The summed E-state index contributed by atoms with van der Waals surface area (Å²) in [5, 5.41) is 0. The minimum atomic E-state index is -0.0732. The summed E-state index contributed by atoms with van der Waals surface area (Å²) in [5.74, 6) is 0. The molecule has 2 aliphatic heterocycles. The van der Waals surface area contributed by atoms with Crippen LogP contribution in [0.3, 0.4) is 0 Å². The third-order valence-electron chi connectivity index (χ3n) is 13.8. The number of nitrogens with zero attached hydrogens (tertiary/aromatic N) is 3. The Balaban J connectivity index is 1.17. The molecular weight excluding hydrogens is 822 g/mol. The second-order valence-corrected chi connectivity index (χ2v) is 19.0. The lowest BCUT2D eigenvalue weighted by Gasteiger charge is -2.45. The molecule has 0 atom stereocenters. The van der Waals surface area contributed by atoms with Crippen LogP contribution in [0, 0.1) is 0 Å². The SMILES string of the molecule is CC(C)(C)c1ccc2c(c1)N(c1ccc(-c3ccccc3)cc1)c1cc(N(c3ccccc3)c3ccccc3)cc3c1B2c1cc(-c2ccccc2)ccc1N3c1ccc(-c2ccccc2)cc1. The first kappa shape index (κ1) is 41.1. The Hall–Kier alpha value is -8.34. The van der Waals surface area contributed by atoms with Gasteiger partial charge >= 0.3 is 0 Å². The largest absolute Gasteiger partial charge is 0.311 e. The van der Waals surface area contributed by atoms with Crippen molar-refractivity contribution in [2.75, 3.05) is 14.7 Å². The second-order valence-electron chi connectivity index (χ2n) is 19.0. The van der Waals surface area contributed by atoms with E-state index in [1.807, 2.05) is 0 Å². The van der Waals surface area contributed by atoms with E-state index in [1.165, 1.54) is 66.7 Å². The van der Waals surface area contributed by atoms with Crippen molar-refractivity contribution < 1.29 is 0 Å². The maximum atomic E-state index is 2.55. The van der Waals surface area contributed by atoms with Gasteiger partial charge in [0.25, 0.3) is 6.71 Å². The van der Waals surface area contributed by atoms with Gasteiger partial charge in [0.05, 0.1) is 5.69 Å². The van der Waals surface area contributed by atoms with E-state index in [1.54, 1.807) is 0 Å². The fourth-order valence-electron chi connectivity index (χ4n) is 10.4. The summed E-state index contributed by atoms with van der Waals surface area (Å²) in [6.45, 7) is 6.91. The molecule has 12 rings (SSSR count). The van der Waals surface area contributed by atoms with E-state index >= 15 is 0 Å². The van der Waals surface area contributed by atoms with Crippen LogP contribution in [0.1, 0.15) is 26.3 Å². The van der Waals surface area contributed by atoms with E-state index in [-0.39, 0.29) is 12.1 Å². The molecule has 0 radical (unpaired) electrons. The van der Waals surface area contributed by atoms with Crippen molar-refractivity contribution in [3.63, 3.8) is 0 Å². The Morgan fingerprint density at radius 3 is 1.21 bits per heavy atom. The molecule has 2 aliphatic rings. The summed E-state index contributed by atoms with van der Waals surface area (Å²) in [6.07, 6.45) is 0. The molecule has 68 heavy (non-hydrogen) atoms. The molecule has 0 unspecified atom stereocenters. The van der Waals surface area contributed by atoms with Crippen LogP contribution in [-0.2, 0) is 5.41 Å². The molecule has 324 valence electrons. The smallest absolute Gasteiger partial charge is 0.252 e. The molecule has 0 amide bonds. The average Bonchev–Trinajstić information content (AvgIpc) is 3.39. The first-order valence-corrected chi connectivity index (χ1v) is 23.7. The summed E-state index contributed by atoms with van der Waals surface area (Å²) in [5.41, 5.74) is 22.4. The molecular formula is C64H50BN3. The predicted octanol–water partition coefficient (Wildman–Crippen LogP) is 15.5. The number of benzene rings is 10. The van der Waals surface area contributed by atoms with Crippen LogP contribution in [0.5, 0.6) is 0 Å². The van der Waals surface area contributed by atoms with Gasteiger partial charge in [-0.2, -0.15) is 0 Å². The predicted molar refractivity (Wildman–Crippen MR) is 290 cm³/mol. The van der Waals surface area contributed by atoms with Gasteiger partial charge in [-0.1, -0.05) is 197 Å². The fraction of sp³-hybridized carbons (Fsp3) is 0.0625. The molecule has 3 nitrogen and oxygen atoms in total. The molecule has 0 saturated heterocycles. The highest BCUT2D eigenvalue weighted by Gasteiger charge is 2.44. The molecule has 10 aromatic rings. The minimum Gasteiger partial charge on any atom is -0.311 e. The third-order valence-corrected chi connectivity index (χ3v) is 13.8. The van der Waals surface area contributed by atoms with Crippen LogP contribution in [-0.4, -0.2) is 6.71 Å². The van der Waals surface area contributed by atoms with E-state index in [9.17, 15) is 0 Å². The van der Waals surface area contributed by atoms with E-state index in [0.29, 0.717) is 0 Å². The molecule has 0 fully saturated rings. The maximum absolute atomic E-state index is 2.55. The van der Waals surface area contributed by atoms with Crippen LogP contribution < -0.4 is 31.1 Å². The highest BCUT2D eigenvalue weighted by Crippen LogP contribution is 2.49. The van der Waals surface area contributed by atoms with Crippen molar-refractivity contribution in [3.05, 3.63) is 254 Å². The molecule has 2 heterocycles. The third kappa shape index (κ3) is 7.26. The molecule has 4 heteroatoms. The normalized spacial score (nSPS) is 12.5. The molecule has 0 aromatic heterocycles. The first-order chi connectivity index (χ1) is 33.4. The van der Waals surface area contributed by atoms with Crippen LogP contribution in [0.2, 0.25) is 0 Å². The summed E-state index contributed by atoms with van der Waals surface area (Å²) < 4.78 is 0. The minimum absolute atomic E-state index is 0.0571. The van der Waals surface area contributed by atoms with Crippen molar-refractivity contribution in [1.29, 1.82) is 0 Å². The molecule has 10 aromatic carbocycles. The Bertz CT molecular complexity index is 3370. The highest BCUT2D eigenvalue weighted by molar-refractivity contribution is 7.00. The lowest BCUT2D eigenvalue weighted by molar-refractivity contribution is 0.590. The van der Waals surface area contributed by atoms with E-state index in [2.05, 4.69) is 284 Å². The van der Waals surface area contributed by atoms with Gasteiger partial charge in [-0.05, 0) is 134 Å². The molecule has 0 aliphatic carbocycles. The van der Waals surface area contributed by atoms with Crippen molar-refractivity contribution >= 4 is 74.3 Å². The number of fused-ring (bicyclic) bond motifs is 4. The molecule has 0 N–H and O–H groups in total. The van der Waals surface area contributed by atoms with Crippen LogP contribution in [0.4, 0.5) is 51.2 Å². The van der Waals surface area contributed by atoms with Crippen LogP contribution in [0.15, 0.2) is 249 Å². The van der Waals surface area contributed by atoms with Crippen LogP contribution >= 0.6 is 0 Å². The topological polar surface area (TPSA) is 9.72 Å².